The van der Waals surface area contributed by atoms with E-state index in [0.29, 0.717) is 24.7 Å². The number of hydrogen-bond acceptors (Lipinski definition) is 4. The molecule has 0 aromatic heterocycles. The molecule has 0 aliphatic carbocycles. The second kappa shape index (κ2) is 6.68. The Morgan fingerprint density at radius 3 is 2.69 bits per heavy atom. The van der Waals surface area contributed by atoms with Crippen LogP contribution in [-0.2, 0) is 4.79 Å². The van der Waals surface area contributed by atoms with Crippen LogP contribution in [0.4, 0.5) is 0 Å². The molecule has 1 aromatic rings. The van der Waals surface area contributed by atoms with Crippen LogP contribution in [-0.4, -0.2) is 37.9 Å². The van der Waals surface area contributed by atoms with Crippen molar-refractivity contribution in [3.05, 3.63) is 24.3 Å². The number of amides is 1. The van der Waals surface area contributed by atoms with Crippen LogP contribution in [0.15, 0.2) is 24.3 Å². The number of rotatable bonds is 6. The molecule has 0 aliphatic rings. The largest absolute Gasteiger partial charge is 0.493 e. The normalized spacial score (nSPS) is 9.62. The molecule has 0 radical (unpaired) electrons. The van der Waals surface area contributed by atoms with Crippen LogP contribution in [0.2, 0.25) is 0 Å². The zero-order chi connectivity index (χ0) is 11.8. The summed E-state index contributed by atoms with van der Waals surface area (Å²) in [5.41, 5.74) is 0. The number of benzene rings is 1. The predicted octanol–water partition coefficient (Wildman–Crippen LogP) is 0.182. The van der Waals surface area contributed by atoms with Crippen molar-refractivity contribution < 1.29 is 19.4 Å². The molecule has 5 nitrogen and oxygen atoms in total. The van der Waals surface area contributed by atoms with Gasteiger partial charge in [0.05, 0.1) is 13.7 Å². The second-order valence-corrected chi connectivity index (χ2v) is 3.01. The fourth-order valence-corrected chi connectivity index (χ4v) is 1.15. The first-order valence-corrected chi connectivity index (χ1v) is 4.91. The van der Waals surface area contributed by atoms with E-state index < -0.39 is 12.5 Å². The van der Waals surface area contributed by atoms with Crippen LogP contribution >= 0.6 is 0 Å². The third-order valence-electron chi connectivity index (χ3n) is 1.89. The van der Waals surface area contributed by atoms with E-state index in [4.69, 9.17) is 14.6 Å². The molecular weight excluding hydrogens is 210 g/mol. The van der Waals surface area contributed by atoms with Crippen molar-refractivity contribution in [3.8, 4) is 11.5 Å². The second-order valence-electron chi connectivity index (χ2n) is 3.01. The molecule has 2 N–H and O–H groups in total. The molecule has 1 amide bonds. The van der Waals surface area contributed by atoms with Crippen LogP contribution in [0.5, 0.6) is 11.5 Å². The first kappa shape index (κ1) is 12.3. The zero-order valence-electron chi connectivity index (χ0n) is 9.10. The smallest absolute Gasteiger partial charge is 0.245 e. The number of aliphatic hydroxyl groups is 1. The number of hydrogen-bond donors (Lipinski definition) is 2. The monoisotopic (exact) mass is 225 g/mol. The highest BCUT2D eigenvalue weighted by Crippen LogP contribution is 2.25. The van der Waals surface area contributed by atoms with Gasteiger partial charge in [-0.1, -0.05) is 12.1 Å². The van der Waals surface area contributed by atoms with Gasteiger partial charge in [-0.3, -0.25) is 4.79 Å². The maximum absolute atomic E-state index is 10.7. The van der Waals surface area contributed by atoms with Gasteiger partial charge in [0.1, 0.15) is 13.2 Å². The molecule has 0 saturated carbocycles. The fourth-order valence-electron chi connectivity index (χ4n) is 1.15. The third kappa shape index (κ3) is 3.78. The minimum Gasteiger partial charge on any atom is -0.493 e. The molecule has 0 unspecified atom stereocenters. The van der Waals surface area contributed by atoms with E-state index in [1.807, 2.05) is 12.1 Å². The highest BCUT2D eigenvalue weighted by atomic mass is 16.5. The molecule has 16 heavy (non-hydrogen) atoms. The van der Waals surface area contributed by atoms with E-state index in [-0.39, 0.29) is 0 Å². The molecule has 0 heterocycles. The molecule has 0 saturated heterocycles. The number of para-hydroxylation sites is 2. The van der Waals surface area contributed by atoms with Crippen molar-refractivity contribution >= 4 is 5.91 Å². The summed E-state index contributed by atoms with van der Waals surface area (Å²) >= 11 is 0. The molecule has 0 fully saturated rings. The average Bonchev–Trinajstić information content (AvgIpc) is 2.34. The zero-order valence-corrected chi connectivity index (χ0v) is 9.10. The molecule has 0 spiro atoms. The highest BCUT2D eigenvalue weighted by Gasteiger charge is 2.02. The quantitative estimate of drug-likeness (QED) is 0.678. The fraction of sp³-hybridized carbons (Fsp3) is 0.364. The van der Waals surface area contributed by atoms with Gasteiger partial charge in [0.15, 0.2) is 11.5 Å². The van der Waals surface area contributed by atoms with E-state index in [9.17, 15) is 4.79 Å². The average molecular weight is 225 g/mol. The topological polar surface area (TPSA) is 67.8 Å². The lowest BCUT2D eigenvalue weighted by atomic mass is 10.3. The Labute approximate surface area is 94.0 Å². The van der Waals surface area contributed by atoms with Crippen molar-refractivity contribution in [1.82, 2.24) is 5.32 Å². The molecule has 1 aromatic carbocycles. The van der Waals surface area contributed by atoms with Gasteiger partial charge in [-0.15, -0.1) is 0 Å². The number of methoxy groups -OCH3 is 1. The van der Waals surface area contributed by atoms with Crippen molar-refractivity contribution in [2.75, 3.05) is 26.9 Å². The van der Waals surface area contributed by atoms with Gasteiger partial charge < -0.3 is 19.9 Å². The number of ether oxygens (including phenoxy) is 2. The van der Waals surface area contributed by atoms with Crippen LogP contribution in [0.1, 0.15) is 0 Å². The van der Waals surface area contributed by atoms with Gasteiger partial charge in [-0.25, -0.2) is 0 Å². The van der Waals surface area contributed by atoms with E-state index in [0.717, 1.165) is 0 Å². The standard InChI is InChI=1S/C11H15NO4/c1-15-9-4-2-3-5-10(9)16-7-6-12-11(14)8-13/h2-5,13H,6-8H2,1H3,(H,12,14). The van der Waals surface area contributed by atoms with Crippen LogP contribution in [0.3, 0.4) is 0 Å². The Balaban J connectivity index is 2.34. The van der Waals surface area contributed by atoms with E-state index in [1.54, 1.807) is 19.2 Å². The Morgan fingerprint density at radius 2 is 2.06 bits per heavy atom. The minimum absolute atomic E-state index is 0.326. The number of nitrogens with one attached hydrogen (secondary N) is 1. The van der Waals surface area contributed by atoms with Crippen LogP contribution < -0.4 is 14.8 Å². The molecular formula is C11H15NO4. The molecule has 0 bridgehead atoms. The van der Waals surface area contributed by atoms with Gasteiger partial charge in [-0.2, -0.15) is 0 Å². The SMILES string of the molecule is COc1ccccc1OCCNC(=O)CO. The van der Waals surface area contributed by atoms with E-state index >= 15 is 0 Å². The summed E-state index contributed by atoms with van der Waals surface area (Å²) in [4.78, 5) is 10.7. The van der Waals surface area contributed by atoms with Gasteiger partial charge in [-0.05, 0) is 12.1 Å². The lowest BCUT2D eigenvalue weighted by Crippen LogP contribution is -2.30. The lowest BCUT2D eigenvalue weighted by Gasteiger charge is -2.10. The first-order chi connectivity index (χ1) is 7.77. The van der Waals surface area contributed by atoms with Gasteiger partial charge in [0.25, 0.3) is 0 Å². The third-order valence-corrected chi connectivity index (χ3v) is 1.89. The van der Waals surface area contributed by atoms with Crippen molar-refractivity contribution in [2.24, 2.45) is 0 Å². The van der Waals surface area contributed by atoms with Crippen molar-refractivity contribution in [3.63, 3.8) is 0 Å². The van der Waals surface area contributed by atoms with Crippen LogP contribution in [0, 0.1) is 0 Å². The molecule has 1 rings (SSSR count). The number of aliphatic hydroxyl groups excluding tert-OH is 1. The highest BCUT2D eigenvalue weighted by molar-refractivity contribution is 5.76. The van der Waals surface area contributed by atoms with Gasteiger partial charge in [0.2, 0.25) is 5.91 Å². The van der Waals surface area contributed by atoms with Crippen molar-refractivity contribution in [2.45, 2.75) is 0 Å². The summed E-state index contributed by atoms with van der Waals surface area (Å²) in [5.74, 6) is 0.864. The van der Waals surface area contributed by atoms with Gasteiger partial charge >= 0.3 is 0 Å². The molecule has 0 atom stereocenters. The Bertz CT molecular complexity index is 341. The molecule has 0 aliphatic heterocycles. The first-order valence-electron chi connectivity index (χ1n) is 4.91. The Hall–Kier alpha value is -1.75. The summed E-state index contributed by atoms with van der Waals surface area (Å²) in [7, 11) is 1.57. The summed E-state index contributed by atoms with van der Waals surface area (Å²) < 4.78 is 10.5. The lowest BCUT2D eigenvalue weighted by molar-refractivity contribution is -0.123. The Kier molecular flexibility index (Phi) is 5.15. The maximum atomic E-state index is 10.7. The molecule has 88 valence electrons. The summed E-state index contributed by atoms with van der Waals surface area (Å²) in [6.45, 7) is 0.165. The minimum atomic E-state index is -0.505. The number of carbonyl (C=O) groups excluding carboxylic acids is 1. The van der Waals surface area contributed by atoms with Crippen LogP contribution in [0.25, 0.3) is 0 Å². The summed E-state index contributed by atoms with van der Waals surface area (Å²) in [5, 5.41) is 10.9. The van der Waals surface area contributed by atoms with E-state index in [1.165, 1.54) is 0 Å². The summed E-state index contributed by atoms with van der Waals surface area (Å²) in [6, 6.07) is 7.26. The maximum Gasteiger partial charge on any atom is 0.245 e. The van der Waals surface area contributed by atoms with Crippen molar-refractivity contribution in [1.29, 1.82) is 0 Å². The summed E-state index contributed by atoms with van der Waals surface area (Å²) in [6.07, 6.45) is 0. The molecule has 5 heteroatoms. The van der Waals surface area contributed by atoms with E-state index in [2.05, 4.69) is 5.32 Å². The predicted molar refractivity (Wildman–Crippen MR) is 58.6 cm³/mol. The Morgan fingerprint density at radius 1 is 1.38 bits per heavy atom. The number of carbonyl (C=O) groups is 1. The van der Waals surface area contributed by atoms with Gasteiger partial charge in [0, 0.05) is 0 Å².